The van der Waals surface area contributed by atoms with E-state index in [0.717, 1.165) is 25.9 Å². The largest absolute Gasteiger partial charge is 0.478 e. The second-order valence-electron chi connectivity index (χ2n) is 4.78. The summed E-state index contributed by atoms with van der Waals surface area (Å²) in [4.78, 5) is 23.1. The molecule has 0 saturated carbocycles. The van der Waals surface area contributed by atoms with Crippen molar-refractivity contribution in [3.05, 3.63) is 28.2 Å². The SMILES string of the molecule is O=C(COC1CCNCC1)Nc1c(Br)cccc1C(=O)O. The van der Waals surface area contributed by atoms with E-state index in [2.05, 4.69) is 26.6 Å². The number of halogens is 1. The number of aromatic carboxylic acids is 1. The van der Waals surface area contributed by atoms with E-state index in [9.17, 15) is 9.59 Å². The number of benzene rings is 1. The molecule has 1 aliphatic rings. The van der Waals surface area contributed by atoms with Crippen LogP contribution in [0.15, 0.2) is 22.7 Å². The Balaban J connectivity index is 1.94. The van der Waals surface area contributed by atoms with Crippen LogP contribution >= 0.6 is 15.9 Å². The molecule has 1 heterocycles. The minimum absolute atomic E-state index is 0.0413. The fraction of sp³-hybridized carbons (Fsp3) is 0.429. The van der Waals surface area contributed by atoms with Gasteiger partial charge in [-0.05, 0) is 54.0 Å². The normalized spacial score (nSPS) is 15.7. The Morgan fingerprint density at radius 2 is 2.10 bits per heavy atom. The summed E-state index contributed by atoms with van der Waals surface area (Å²) in [7, 11) is 0. The van der Waals surface area contributed by atoms with Crippen LogP contribution < -0.4 is 10.6 Å². The van der Waals surface area contributed by atoms with Crippen molar-refractivity contribution in [1.82, 2.24) is 5.32 Å². The van der Waals surface area contributed by atoms with E-state index in [0.29, 0.717) is 4.47 Å². The van der Waals surface area contributed by atoms with Crippen molar-refractivity contribution in [2.45, 2.75) is 18.9 Å². The van der Waals surface area contributed by atoms with Crippen LogP contribution in [0.5, 0.6) is 0 Å². The van der Waals surface area contributed by atoms with Gasteiger partial charge in [-0.3, -0.25) is 4.79 Å². The van der Waals surface area contributed by atoms with Gasteiger partial charge in [-0.25, -0.2) is 4.79 Å². The molecule has 2 rings (SSSR count). The Hall–Kier alpha value is -1.44. The van der Waals surface area contributed by atoms with Gasteiger partial charge >= 0.3 is 5.97 Å². The van der Waals surface area contributed by atoms with E-state index in [-0.39, 0.29) is 29.9 Å². The number of nitrogens with one attached hydrogen (secondary N) is 2. The standard InChI is InChI=1S/C14H17BrN2O4/c15-11-3-1-2-10(14(19)20)13(11)17-12(18)8-21-9-4-6-16-7-5-9/h1-3,9,16H,4-8H2,(H,17,18)(H,19,20). The van der Waals surface area contributed by atoms with Crippen LogP contribution in [0.3, 0.4) is 0 Å². The fourth-order valence-electron chi connectivity index (χ4n) is 2.16. The molecule has 114 valence electrons. The zero-order valence-electron chi connectivity index (χ0n) is 11.4. The van der Waals surface area contributed by atoms with Crippen LogP contribution in [0.1, 0.15) is 23.2 Å². The van der Waals surface area contributed by atoms with Gasteiger partial charge < -0.3 is 20.5 Å². The summed E-state index contributed by atoms with van der Waals surface area (Å²) in [6.45, 7) is 1.70. The summed E-state index contributed by atoms with van der Waals surface area (Å²) in [6, 6.07) is 4.72. The lowest BCUT2D eigenvalue weighted by molar-refractivity contribution is -0.123. The molecule has 3 N–H and O–H groups in total. The molecule has 1 saturated heterocycles. The summed E-state index contributed by atoms with van der Waals surface area (Å²) in [5.74, 6) is -1.45. The highest BCUT2D eigenvalue weighted by Crippen LogP contribution is 2.26. The number of anilines is 1. The number of para-hydroxylation sites is 1. The minimum atomic E-state index is -1.09. The van der Waals surface area contributed by atoms with Gasteiger partial charge in [0.15, 0.2) is 0 Å². The van der Waals surface area contributed by atoms with Gasteiger partial charge in [-0.1, -0.05) is 6.07 Å². The quantitative estimate of drug-likeness (QED) is 0.749. The maximum atomic E-state index is 11.9. The first-order valence-electron chi connectivity index (χ1n) is 6.72. The van der Waals surface area contributed by atoms with Crippen LogP contribution in [0, 0.1) is 0 Å². The van der Waals surface area contributed by atoms with Gasteiger partial charge in [0.1, 0.15) is 6.61 Å². The van der Waals surface area contributed by atoms with Crippen molar-refractivity contribution in [2.24, 2.45) is 0 Å². The van der Waals surface area contributed by atoms with Crippen molar-refractivity contribution in [1.29, 1.82) is 0 Å². The van der Waals surface area contributed by atoms with Crippen molar-refractivity contribution >= 4 is 33.5 Å². The Bertz CT molecular complexity index is 530. The average molecular weight is 357 g/mol. The number of carboxylic acid groups (broad SMARTS) is 1. The smallest absolute Gasteiger partial charge is 0.337 e. The molecular formula is C14H17BrN2O4. The molecule has 6 nitrogen and oxygen atoms in total. The molecule has 0 spiro atoms. The van der Waals surface area contributed by atoms with E-state index in [1.807, 2.05) is 0 Å². The molecule has 0 radical (unpaired) electrons. The molecule has 1 aromatic rings. The first-order valence-corrected chi connectivity index (χ1v) is 7.51. The van der Waals surface area contributed by atoms with Gasteiger partial charge in [0, 0.05) is 4.47 Å². The summed E-state index contributed by atoms with van der Waals surface area (Å²) in [5.41, 5.74) is 0.295. The van der Waals surface area contributed by atoms with Crippen molar-refractivity contribution < 1.29 is 19.4 Å². The first kappa shape index (κ1) is 15.9. The molecule has 0 aromatic heterocycles. The Labute approximate surface area is 131 Å². The topological polar surface area (TPSA) is 87.7 Å². The first-order chi connectivity index (χ1) is 10.1. The highest BCUT2D eigenvalue weighted by molar-refractivity contribution is 9.10. The molecule has 0 atom stereocenters. The van der Waals surface area contributed by atoms with Crippen LogP contribution in [-0.4, -0.2) is 42.8 Å². The number of rotatable bonds is 5. The van der Waals surface area contributed by atoms with E-state index in [4.69, 9.17) is 9.84 Å². The molecule has 7 heteroatoms. The molecular weight excluding hydrogens is 340 g/mol. The highest BCUT2D eigenvalue weighted by Gasteiger charge is 2.18. The highest BCUT2D eigenvalue weighted by atomic mass is 79.9. The minimum Gasteiger partial charge on any atom is -0.478 e. The molecule has 1 aliphatic heterocycles. The predicted octanol–water partition coefficient (Wildman–Crippen LogP) is 1.85. The lowest BCUT2D eigenvalue weighted by Crippen LogP contribution is -2.34. The zero-order chi connectivity index (χ0) is 15.2. The molecule has 21 heavy (non-hydrogen) atoms. The van der Waals surface area contributed by atoms with Gasteiger partial charge in [-0.2, -0.15) is 0 Å². The zero-order valence-corrected chi connectivity index (χ0v) is 13.0. The summed E-state index contributed by atoms with van der Waals surface area (Å²) >= 11 is 3.24. The van der Waals surface area contributed by atoms with Crippen molar-refractivity contribution in [2.75, 3.05) is 25.0 Å². The summed E-state index contributed by atoms with van der Waals surface area (Å²) < 4.78 is 6.07. The average Bonchev–Trinajstić information content (AvgIpc) is 2.48. The van der Waals surface area contributed by atoms with Crippen molar-refractivity contribution in [3.8, 4) is 0 Å². The summed E-state index contributed by atoms with van der Waals surface area (Å²) in [6.07, 6.45) is 1.83. The van der Waals surface area contributed by atoms with Gasteiger partial charge in [0.2, 0.25) is 5.91 Å². The number of hydrogen-bond donors (Lipinski definition) is 3. The lowest BCUT2D eigenvalue weighted by Gasteiger charge is -2.22. The monoisotopic (exact) mass is 356 g/mol. The number of carbonyl (C=O) groups is 2. The maximum absolute atomic E-state index is 11.9. The number of ether oxygens (including phenoxy) is 1. The van der Waals surface area contributed by atoms with Crippen LogP contribution in [0.2, 0.25) is 0 Å². The number of piperidine rings is 1. The van der Waals surface area contributed by atoms with Gasteiger partial charge in [-0.15, -0.1) is 0 Å². The van der Waals surface area contributed by atoms with E-state index >= 15 is 0 Å². The predicted molar refractivity (Wildman–Crippen MR) is 81.6 cm³/mol. The van der Waals surface area contributed by atoms with Gasteiger partial charge in [0.25, 0.3) is 0 Å². The molecule has 0 aliphatic carbocycles. The maximum Gasteiger partial charge on any atom is 0.337 e. The third-order valence-corrected chi connectivity index (χ3v) is 3.91. The molecule has 1 aromatic carbocycles. The second-order valence-corrected chi connectivity index (χ2v) is 5.63. The van der Waals surface area contributed by atoms with E-state index in [1.54, 1.807) is 12.1 Å². The lowest BCUT2D eigenvalue weighted by atomic mass is 10.1. The van der Waals surface area contributed by atoms with E-state index < -0.39 is 5.97 Å². The number of hydrogen-bond acceptors (Lipinski definition) is 4. The fourth-order valence-corrected chi connectivity index (χ4v) is 2.63. The van der Waals surface area contributed by atoms with Gasteiger partial charge in [0.05, 0.1) is 17.4 Å². The second kappa shape index (κ2) is 7.53. The molecule has 0 bridgehead atoms. The molecule has 0 unspecified atom stereocenters. The van der Waals surface area contributed by atoms with Crippen LogP contribution in [0.4, 0.5) is 5.69 Å². The number of carbonyl (C=O) groups excluding carboxylic acids is 1. The number of amides is 1. The Kier molecular flexibility index (Phi) is 5.72. The molecule has 1 fully saturated rings. The number of carboxylic acids is 1. The Morgan fingerprint density at radius 1 is 1.38 bits per heavy atom. The van der Waals surface area contributed by atoms with E-state index in [1.165, 1.54) is 6.07 Å². The van der Waals surface area contributed by atoms with Crippen molar-refractivity contribution in [3.63, 3.8) is 0 Å². The third-order valence-electron chi connectivity index (χ3n) is 3.24. The molecule has 1 amide bonds. The van der Waals surface area contributed by atoms with Crippen LogP contribution in [0.25, 0.3) is 0 Å². The summed E-state index contributed by atoms with van der Waals surface area (Å²) in [5, 5.41) is 14.9. The Morgan fingerprint density at radius 3 is 2.76 bits per heavy atom. The third kappa shape index (κ3) is 4.52. The van der Waals surface area contributed by atoms with Crippen LogP contribution in [-0.2, 0) is 9.53 Å².